The lowest BCUT2D eigenvalue weighted by Gasteiger charge is -2.23. The summed E-state index contributed by atoms with van der Waals surface area (Å²) in [5, 5.41) is 8.64. The van der Waals surface area contributed by atoms with Crippen LogP contribution in [0, 0.1) is 17.3 Å². The van der Waals surface area contributed by atoms with E-state index in [1.54, 1.807) is 4.90 Å². The van der Waals surface area contributed by atoms with E-state index in [0.717, 1.165) is 11.1 Å². The maximum Gasteiger partial charge on any atom is 0.223 e. The number of benzene rings is 1. The Bertz CT molecular complexity index is 501. The van der Waals surface area contributed by atoms with Crippen molar-refractivity contribution < 1.29 is 9.90 Å². The van der Waals surface area contributed by atoms with E-state index in [0.29, 0.717) is 13.0 Å². The predicted molar refractivity (Wildman–Crippen MR) is 81.0 cm³/mol. The molecule has 0 atom stereocenters. The monoisotopic (exact) mass is 273 g/mol. The first-order valence-corrected chi connectivity index (χ1v) is 6.74. The molecule has 0 aliphatic heterocycles. The molecule has 108 valence electrons. The second-order valence-electron chi connectivity index (χ2n) is 6.14. The lowest BCUT2D eigenvalue weighted by molar-refractivity contribution is -0.132. The van der Waals surface area contributed by atoms with Crippen molar-refractivity contribution in [2.24, 2.45) is 5.41 Å². The molecule has 0 saturated heterocycles. The highest BCUT2D eigenvalue weighted by Gasteiger charge is 2.18. The number of aliphatic hydroxyl groups excluding tert-OH is 1. The average molecular weight is 273 g/mol. The minimum Gasteiger partial charge on any atom is -0.384 e. The zero-order valence-corrected chi connectivity index (χ0v) is 12.7. The maximum atomic E-state index is 12.0. The van der Waals surface area contributed by atoms with E-state index in [1.807, 2.05) is 31.3 Å². The smallest absolute Gasteiger partial charge is 0.223 e. The Kier molecular flexibility index (Phi) is 5.79. The zero-order valence-electron chi connectivity index (χ0n) is 12.7. The summed E-state index contributed by atoms with van der Waals surface area (Å²) in [6.45, 7) is 6.66. The van der Waals surface area contributed by atoms with Gasteiger partial charge in [0, 0.05) is 25.6 Å². The van der Waals surface area contributed by atoms with Gasteiger partial charge in [0.1, 0.15) is 6.61 Å². The van der Waals surface area contributed by atoms with Crippen LogP contribution in [0.1, 0.15) is 38.3 Å². The van der Waals surface area contributed by atoms with Crippen molar-refractivity contribution in [2.75, 3.05) is 13.7 Å². The van der Waals surface area contributed by atoms with E-state index >= 15 is 0 Å². The first kappa shape index (κ1) is 16.3. The van der Waals surface area contributed by atoms with Crippen LogP contribution in [0.15, 0.2) is 24.3 Å². The van der Waals surface area contributed by atoms with Crippen LogP contribution in [0.3, 0.4) is 0 Å². The molecule has 0 saturated carbocycles. The number of rotatable bonds is 3. The Morgan fingerprint density at radius 2 is 1.85 bits per heavy atom. The number of aliphatic hydroxyl groups is 1. The molecule has 3 heteroatoms. The number of carbonyl (C=O) groups excluding carboxylic acids is 1. The predicted octanol–water partition coefficient (Wildman–Crippen LogP) is 2.43. The van der Waals surface area contributed by atoms with Gasteiger partial charge in [0.25, 0.3) is 0 Å². The maximum absolute atomic E-state index is 12.0. The molecule has 1 aromatic rings. The molecule has 3 nitrogen and oxygen atoms in total. The topological polar surface area (TPSA) is 40.5 Å². The first-order valence-electron chi connectivity index (χ1n) is 6.74. The quantitative estimate of drug-likeness (QED) is 0.859. The molecule has 1 amide bonds. The van der Waals surface area contributed by atoms with Crippen molar-refractivity contribution in [1.82, 2.24) is 4.90 Å². The largest absolute Gasteiger partial charge is 0.384 e. The van der Waals surface area contributed by atoms with Crippen LogP contribution in [0.5, 0.6) is 0 Å². The molecule has 1 rings (SSSR count). The van der Waals surface area contributed by atoms with Crippen LogP contribution >= 0.6 is 0 Å². The van der Waals surface area contributed by atoms with Crippen molar-refractivity contribution in [3.63, 3.8) is 0 Å². The summed E-state index contributed by atoms with van der Waals surface area (Å²) in [7, 11) is 1.83. The molecule has 0 bridgehead atoms. The third kappa shape index (κ3) is 5.90. The molecular formula is C17H23NO2. The number of hydrogen-bond acceptors (Lipinski definition) is 2. The van der Waals surface area contributed by atoms with E-state index in [-0.39, 0.29) is 17.9 Å². The Morgan fingerprint density at radius 3 is 2.35 bits per heavy atom. The molecule has 0 aliphatic carbocycles. The fourth-order valence-corrected chi connectivity index (χ4v) is 1.79. The SMILES string of the molecule is CN(Cc1ccc(C#CCO)cc1)C(=O)CC(C)(C)C. The van der Waals surface area contributed by atoms with Crippen molar-refractivity contribution in [3.05, 3.63) is 35.4 Å². The summed E-state index contributed by atoms with van der Waals surface area (Å²) in [6.07, 6.45) is 0.545. The van der Waals surface area contributed by atoms with E-state index < -0.39 is 0 Å². The van der Waals surface area contributed by atoms with Crippen LogP contribution in [0.2, 0.25) is 0 Å². The third-order valence-electron chi connectivity index (χ3n) is 2.79. The van der Waals surface area contributed by atoms with Crippen molar-refractivity contribution in [2.45, 2.75) is 33.7 Å². The van der Waals surface area contributed by atoms with E-state index in [9.17, 15) is 4.79 Å². The number of hydrogen-bond donors (Lipinski definition) is 1. The second kappa shape index (κ2) is 7.12. The van der Waals surface area contributed by atoms with Gasteiger partial charge in [-0.3, -0.25) is 4.79 Å². The molecular weight excluding hydrogens is 250 g/mol. The lowest BCUT2D eigenvalue weighted by atomic mass is 9.91. The molecule has 0 aromatic heterocycles. The van der Waals surface area contributed by atoms with Crippen LogP contribution in [-0.2, 0) is 11.3 Å². The highest BCUT2D eigenvalue weighted by atomic mass is 16.2. The highest BCUT2D eigenvalue weighted by molar-refractivity contribution is 5.76. The minimum atomic E-state index is -0.133. The number of carbonyl (C=O) groups is 1. The fraction of sp³-hybridized carbons (Fsp3) is 0.471. The Hall–Kier alpha value is -1.79. The van der Waals surface area contributed by atoms with E-state index in [4.69, 9.17) is 5.11 Å². The number of amides is 1. The normalized spacial score (nSPS) is 10.7. The summed E-state index contributed by atoms with van der Waals surface area (Å²) in [5.74, 6) is 5.61. The van der Waals surface area contributed by atoms with Crippen LogP contribution in [0.4, 0.5) is 0 Å². The average Bonchev–Trinajstić information content (AvgIpc) is 2.36. The zero-order chi connectivity index (χ0) is 15.2. The Balaban J connectivity index is 2.62. The number of nitrogens with zero attached hydrogens (tertiary/aromatic N) is 1. The first-order chi connectivity index (χ1) is 9.31. The van der Waals surface area contributed by atoms with Crippen LogP contribution < -0.4 is 0 Å². The molecule has 0 unspecified atom stereocenters. The van der Waals surface area contributed by atoms with Crippen molar-refractivity contribution in [1.29, 1.82) is 0 Å². The Labute approximate surface area is 121 Å². The van der Waals surface area contributed by atoms with Crippen molar-refractivity contribution in [3.8, 4) is 11.8 Å². The standard InChI is InChI=1S/C17H23NO2/c1-17(2,3)12-16(20)18(4)13-15-9-7-14(8-10-15)6-5-11-19/h7-10,19H,11-13H2,1-4H3. The Morgan fingerprint density at radius 1 is 1.25 bits per heavy atom. The summed E-state index contributed by atoms with van der Waals surface area (Å²) in [5.41, 5.74) is 1.95. The lowest BCUT2D eigenvalue weighted by Crippen LogP contribution is -2.29. The molecule has 0 radical (unpaired) electrons. The molecule has 20 heavy (non-hydrogen) atoms. The fourth-order valence-electron chi connectivity index (χ4n) is 1.79. The molecule has 1 aromatic carbocycles. The van der Waals surface area contributed by atoms with Gasteiger partial charge in [-0.15, -0.1) is 0 Å². The van der Waals surface area contributed by atoms with Gasteiger partial charge in [0.05, 0.1) is 0 Å². The minimum absolute atomic E-state index is 0.00901. The molecule has 0 heterocycles. The van der Waals surface area contributed by atoms with Gasteiger partial charge in [-0.2, -0.15) is 0 Å². The van der Waals surface area contributed by atoms with Gasteiger partial charge in [-0.05, 0) is 23.1 Å². The summed E-state index contributed by atoms with van der Waals surface area (Å²) in [6, 6.07) is 7.73. The van der Waals surface area contributed by atoms with Gasteiger partial charge in [0.15, 0.2) is 0 Å². The van der Waals surface area contributed by atoms with Crippen LogP contribution in [-0.4, -0.2) is 29.6 Å². The van der Waals surface area contributed by atoms with Gasteiger partial charge in [-0.1, -0.05) is 44.7 Å². The van der Waals surface area contributed by atoms with Crippen LogP contribution in [0.25, 0.3) is 0 Å². The molecule has 0 fully saturated rings. The summed E-state index contributed by atoms with van der Waals surface area (Å²) < 4.78 is 0. The third-order valence-corrected chi connectivity index (χ3v) is 2.79. The molecule has 0 spiro atoms. The van der Waals surface area contributed by atoms with Gasteiger partial charge < -0.3 is 10.0 Å². The van der Waals surface area contributed by atoms with Gasteiger partial charge in [0.2, 0.25) is 5.91 Å². The summed E-state index contributed by atoms with van der Waals surface area (Å²) in [4.78, 5) is 13.8. The van der Waals surface area contributed by atoms with Crippen molar-refractivity contribution >= 4 is 5.91 Å². The molecule has 1 N–H and O–H groups in total. The second-order valence-corrected chi connectivity index (χ2v) is 6.14. The van der Waals surface area contributed by atoms with E-state index in [2.05, 4.69) is 32.6 Å². The van der Waals surface area contributed by atoms with E-state index in [1.165, 1.54) is 0 Å². The summed E-state index contributed by atoms with van der Waals surface area (Å²) >= 11 is 0. The molecule has 0 aliphatic rings. The van der Waals surface area contributed by atoms with Gasteiger partial charge >= 0.3 is 0 Å². The highest BCUT2D eigenvalue weighted by Crippen LogP contribution is 2.20. The van der Waals surface area contributed by atoms with Gasteiger partial charge in [-0.25, -0.2) is 0 Å².